The Bertz CT molecular complexity index is 138. The first-order chi connectivity index (χ1) is 5.88. The number of rotatable bonds is 4. The van der Waals surface area contributed by atoms with Crippen LogP contribution in [0.25, 0.3) is 0 Å². The van der Waals surface area contributed by atoms with E-state index in [9.17, 15) is 0 Å². The summed E-state index contributed by atoms with van der Waals surface area (Å²) in [5, 5.41) is 0. The third-order valence-electron chi connectivity index (χ3n) is 2.15. The lowest BCUT2D eigenvalue weighted by atomic mass is 10.1. The van der Waals surface area contributed by atoms with Crippen LogP contribution in [0.5, 0.6) is 0 Å². The monoisotopic (exact) mass is 167 g/mol. The molecule has 0 amide bonds. The highest BCUT2D eigenvalue weighted by molar-refractivity contribution is 4.86. The molecule has 2 nitrogen and oxygen atoms in total. The highest BCUT2D eigenvalue weighted by Gasteiger charge is 2.19. The fourth-order valence-corrected chi connectivity index (χ4v) is 1.50. The van der Waals surface area contributed by atoms with Crippen LogP contribution in [0.3, 0.4) is 0 Å². The van der Waals surface area contributed by atoms with Gasteiger partial charge in [-0.2, -0.15) is 0 Å². The fourth-order valence-electron chi connectivity index (χ4n) is 1.50. The molecule has 0 radical (unpaired) electrons. The minimum absolute atomic E-state index is 0.509. The zero-order chi connectivity index (χ0) is 8.81. The average Bonchev–Trinajstić information content (AvgIpc) is 2.09. The van der Waals surface area contributed by atoms with Gasteiger partial charge in [0.25, 0.3) is 0 Å². The van der Waals surface area contributed by atoms with Crippen LogP contribution in [0.1, 0.15) is 6.42 Å². The van der Waals surface area contributed by atoms with Crippen molar-refractivity contribution in [3.63, 3.8) is 0 Å². The van der Waals surface area contributed by atoms with Gasteiger partial charge in [-0.1, -0.05) is 12.2 Å². The van der Waals surface area contributed by atoms with Crippen LogP contribution in [-0.4, -0.2) is 37.2 Å². The van der Waals surface area contributed by atoms with Crippen molar-refractivity contribution in [3.05, 3.63) is 25.3 Å². The maximum absolute atomic E-state index is 5.39. The minimum atomic E-state index is 0.509. The Balaban J connectivity index is 2.41. The first-order valence-corrected chi connectivity index (χ1v) is 4.42. The van der Waals surface area contributed by atoms with E-state index in [-0.39, 0.29) is 0 Å². The summed E-state index contributed by atoms with van der Waals surface area (Å²) >= 11 is 0. The van der Waals surface area contributed by atoms with Gasteiger partial charge in [0.15, 0.2) is 0 Å². The molecule has 1 unspecified atom stereocenters. The third kappa shape index (κ3) is 2.47. The Morgan fingerprint density at radius 2 is 2.25 bits per heavy atom. The van der Waals surface area contributed by atoms with Gasteiger partial charge < -0.3 is 4.74 Å². The molecule has 0 N–H and O–H groups in total. The zero-order valence-corrected chi connectivity index (χ0v) is 7.54. The number of ether oxygens (including phenoxy) is 1. The van der Waals surface area contributed by atoms with Gasteiger partial charge in [-0.3, -0.25) is 4.90 Å². The van der Waals surface area contributed by atoms with E-state index in [2.05, 4.69) is 18.1 Å². The molecule has 1 aliphatic rings. The molecule has 1 heterocycles. The van der Waals surface area contributed by atoms with E-state index in [1.807, 2.05) is 12.2 Å². The van der Waals surface area contributed by atoms with Gasteiger partial charge in [-0.05, 0) is 6.42 Å². The Morgan fingerprint density at radius 1 is 1.42 bits per heavy atom. The Hall–Kier alpha value is -0.600. The second kappa shape index (κ2) is 5.12. The molecule has 0 saturated carbocycles. The Labute approximate surface area is 74.5 Å². The predicted octanol–water partition coefficient (Wildman–Crippen LogP) is 1.45. The summed E-state index contributed by atoms with van der Waals surface area (Å²) in [5.74, 6) is 0. The van der Waals surface area contributed by atoms with E-state index < -0.39 is 0 Å². The Morgan fingerprint density at radius 3 is 2.92 bits per heavy atom. The summed E-state index contributed by atoms with van der Waals surface area (Å²) in [4.78, 5) is 2.39. The van der Waals surface area contributed by atoms with Gasteiger partial charge in [0, 0.05) is 19.1 Å². The molecule has 1 fully saturated rings. The molecule has 68 valence electrons. The van der Waals surface area contributed by atoms with Gasteiger partial charge >= 0.3 is 0 Å². The van der Waals surface area contributed by atoms with Crippen LogP contribution in [-0.2, 0) is 4.74 Å². The van der Waals surface area contributed by atoms with Crippen LogP contribution in [0.15, 0.2) is 25.3 Å². The van der Waals surface area contributed by atoms with Crippen LogP contribution in [0.2, 0.25) is 0 Å². The Kier molecular flexibility index (Phi) is 4.05. The summed E-state index contributed by atoms with van der Waals surface area (Å²) in [6.45, 7) is 11.1. The van der Waals surface area contributed by atoms with Gasteiger partial charge in [0.2, 0.25) is 0 Å². The molecule has 0 aromatic carbocycles. The van der Waals surface area contributed by atoms with Crippen molar-refractivity contribution in [2.24, 2.45) is 0 Å². The number of hydrogen-bond donors (Lipinski definition) is 0. The SMILES string of the molecule is C=CCC1COCCN1CC=C. The summed E-state index contributed by atoms with van der Waals surface area (Å²) in [5.41, 5.74) is 0. The molecule has 0 aliphatic carbocycles. The lowest BCUT2D eigenvalue weighted by molar-refractivity contribution is -0.000246. The van der Waals surface area contributed by atoms with Crippen molar-refractivity contribution in [3.8, 4) is 0 Å². The highest BCUT2D eigenvalue weighted by atomic mass is 16.5. The van der Waals surface area contributed by atoms with Crippen LogP contribution in [0, 0.1) is 0 Å². The van der Waals surface area contributed by atoms with Crippen molar-refractivity contribution in [2.75, 3.05) is 26.3 Å². The number of morpholine rings is 1. The molecule has 2 heteroatoms. The molecule has 0 spiro atoms. The van der Waals surface area contributed by atoms with Crippen molar-refractivity contribution >= 4 is 0 Å². The predicted molar refractivity (Wildman–Crippen MR) is 51.2 cm³/mol. The summed E-state index contributed by atoms with van der Waals surface area (Å²) in [6.07, 6.45) is 4.91. The first kappa shape index (κ1) is 9.49. The molecule has 12 heavy (non-hydrogen) atoms. The maximum Gasteiger partial charge on any atom is 0.0625 e. The number of hydrogen-bond acceptors (Lipinski definition) is 2. The fraction of sp³-hybridized carbons (Fsp3) is 0.600. The second-order valence-electron chi connectivity index (χ2n) is 3.04. The van der Waals surface area contributed by atoms with Crippen LogP contribution < -0.4 is 0 Å². The molecule has 0 aromatic rings. The van der Waals surface area contributed by atoms with Crippen molar-refractivity contribution in [1.29, 1.82) is 0 Å². The van der Waals surface area contributed by atoms with E-state index in [0.29, 0.717) is 6.04 Å². The summed E-state index contributed by atoms with van der Waals surface area (Å²) in [7, 11) is 0. The average molecular weight is 167 g/mol. The molecule has 0 bridgehead atoms. The van der Waals surface area contributed by atoms with Gasteiger partial charge in [-0.25, -0.2) is 0 Å². The summed E-state index contributed by atoms with van der Waals surface area (Å²) < 4.78 is 5.39. The van der Waals surface area contributed by atoms with E-state index >= 15 is 0 Å². The molecule has 1 saturated heterocycles. The lowest BCUT2D eigenvalue weighted by Crippen LogP contribution is -2.45. The second-order valence-corrected chi connectivity index (χ2v) is 3.04. The van der Waals surface area contributed by atoms with Crippen molar-refractivity contribution < 1.29 is 4.74 Å². The molecule has 1 rings (SSSR count). The van der Waals surface area contributed by atoms with Gasteiger partial charge in [-0.15, -0.1) is 13.2 Å². The van der Waals surface area contributed by atoms with Gasteiger partial charge in [0.1, 0.15) is 0 Å². The van der Waals surface area contributed by atoms with Crippen LogP contribution >= 0.6 is 0 Å². The molecule has 1 aliphatic heterocycles. The van der Waals surface area contributed by atoms with E-state index in [0.717, 1.165) is 32.7 Å². The van der Waals surface area contributed by atoms with E-state index in [1.54, 1.807) is 0 Å². The number of nitrogens with zero attached hydrogens (tertiary/aromatic N) is 1. The van der Waals surface area contributed by atoms with Gasteiger partial charge in [0.05, 0.1) is 13.2 Å². The quantitative estimate of drug-likeness (QED) is 0.588. The van der Waals surface area contributed by atoms with E-state index in [4.69, 9.17) is 4.74 Å². The normalized spacial score (nSPS) is 25.2. The van der Waals surface area contributed by atoms with Crippen molar-refractivity contribution in [1.82, 2.24) is 4.90 Å². The van der Waals surface area contributed by atoms with Crippen molar-refractivity contribution in [2.45, 2.75) is 12.5 Å². The largest absolute Gasteiger partial charge is 0.378 e. The van der Waals surface area contributed by atoms with Crippen LogP contribution in [0.4, 0.5) is 0 Å². The molecular weight excluding hydrogens is 150 g/mol. The lowest BCUT2D eigenvalue weighted by Gasteiger charge is -2.34. The molecular formula is C10H17NO. The third-order valence-corrected chi connectivity index (χ3v) is 2.15. The first-order valence-electron chi connectivity index (χ1n) is 4.42. The topological polar surface area (TPSA) is 12.5 Å². The molecule has 0 aromatic heterocycles. The molecule has 1 atom stereocenters. The maximum atomic E-state index is 5.39. The van der Waals surface area contributed by atoms with E-state index in [1.165, 1.54) is 0 Å². The standard InChI is InChI=1S/C10H17NO/c1-3-5-10-9-12-8-7-11(10)6-4-2/h3-4,10H,1-2,5-9H2. The zero-order valence-electron chi connectivity index (χ0n) is 7.54. The smallest absolute Gasteiger partial charge is 0.0625 e. The highest BCUT2D eigenvalue weighted by Crippen LogP contribution is 2.10. The minimum Gasteiger partial charge on any atom is -0.378 e. The summed E-state index contributed by atoms with van der Waals surface area (Å²) in [6, 6.07) is 0.509.